The van der Waals surface area contributed by atoms with Crippen molar-refractivity contribution in [1.29, 1.82) is 0 Å². The lowest BCUT2D eigenvalue weighted by Crippen LogP contribution is -2.30. The summed E-state index contributed by atoms with van der Waals surface area (Å²) in [4.78, 5) is 6.70. The van der Waals surface area contributed by atoms with Crippen LogP contribution in [0.4, 0.5) is 0 Å². The van der Waals surface area contributed by atoms with Gasteiger partial charge in [0, 0.05) is 12.2 Å². The van der Waals surface area contributed by atoms with Gasteiger partial charge in [-0.3, -0.25) is 4.98 Å². The maximum absolute atomic E-state index is 5.95. The smallest absolute Gasteiger partial charge is 0.137 e. The van der Waals surface area contributed by atoms with Gasteiger partial charge in [0.15, 0.2) is 0 Å². The van der Waals surface area contributed by atoms with Crippen LogP contribution in [0.3, 0.4) is 0 Å². The zero-order valence-electron chi connectivity index (χ0n) is 13.2. The molecule has 0 aliphatic carbocycles. The van der Waals surface area contributed by atoms with Crippen LogP contribution in [0.2, 0.25) is 0 Å². The van der Waals surface area contributed by atoms with E-state index in [-0.39, 0.29) is 0 Å². The normalized spacial score (nSPS) is 18.5. The van der Waals surface area contributed by atoms with Crippen molar-refractivity contribution < 1.29 is 4.74 Å². The van der Waals surface area contributed by atoms with Gasteiger partial charge in [-0.25, -0.2) is 0 Å². The van der Waals surface area contributed by atoms with Gasteiger partial charge < -0.3 is 9.64 Å². The lowest BCUT2D eigenvalue weighted by Gasteiger charge is -2.19. The number of aryl methyl sites for hydroxylation is 2. The van der Waals surface area contributed by atoms with Gasteiger partial charge >= 0.3 is 0 Å². The Balaban J connectivity index is 1.53. The molecule has 0 saturated carbocycles. The van der Waals surface area contributed by atoms with E-state index in [9.17, 15) is 0 Å². The topological polar surface area (TPSA) is 25.4 Å². The monoisotopic (exact) mass is 296 g/mol. The Morgan fingerprint density at radius 1 is 1.14 bits per heavy atom. The average Bonchev–Trinajstić information content (AvgIpc) is 2.98. The lowest BCUT2D eigenvalue weighted by atomic mass is 10.1. The summed E-state index contributed by atoms with van der Waals surface area (Å²) in [6.07, 6.45) is 8.31. The number of benzene rings is 1. The standard InChI is InChI=1S/C19H24N2O/c1-21-11-5-8-18(21)15-22-19-12-17(13-20-14-19)10-9-16-6-3-2-4-7-16/h2-4,6-7,12-14,18H,5,8-11,15H2,1H3/t18-/m0/s1. The Bertz CT molecular complexity index is 585. The van der Waals surface area contributed by atoms with E-state index in [1.165, 1.54) is 30.5 Å². The molecule has 2 heterocycles. The molecule has 0 spiro atoms. The van der Waals surface area contributed by atoms with Crippen molar-refractivity contribution in [2.45, 2.75) is 31.7 Å². The summed E-state index contributed by atoms with van der Waals surface area (Å²) in [5, 5.41) is 0. The van der Waals surface area contributed by atoms with Gasteiger partial charge in [-0.15, -0.1) is 0 Å². The van der Waals surface area contributed by atoms with Crippen molar-refractivity contribution in [3.63, 3.8) is 0 Å². The number of ether oxygens (including phenoxy) is 1. The molecule has 1 saturated heterocycles. The molecule has 1 aliphatic heterocycles. The predicted octanol–water partition coefficient (Wildman–Crippen LogP) is 3.34. The van der Waals surface area contributed by atoms with Crippen LogP contribution < -0.4 is 4.74 Å². The molecule has 0 bridgehead atoms. The van der Waals surface area contributed by atoms with E-state index < -0.39 is 0 Å². The second-order valence-corrected chi connectivity index (χ2v) is 6.10. The van der Waals surface area contributed by atoms with Gasteiger partial charge in [0.25, 0.3) is 0 Å². The summed E-state index contributed by atoms with van der Waals surface area (Å²) in [7, 11) is 2.18. The van der Waals surface area contributed by atoms with Crippen LogP contribution in [-0.2, 0) is 12.8 Å². The maximum atomic E-state index is 5.95. The molecule has 0 unspecified atom stereocenters. The minimum Gasteiger partial charge on any atom is -0.490 e. The molecule has 2 aromatic rings. The molecule has 0 radical (unpaired) electrons. The molecule has 1 aliphatic rings. The highest BCUT2D eigenvalue weighted by atomic mass is 16.5. The summed E-state index contributed by atoms with van der Waals surface area (Å²) in [5.74, 6) is 0.894. The largest absolute Gasteiger partial charge is 0.490 e. The second-order valence-electron chi connectivity index (χ2n) is 6.10. The van der Waals surface area contributed by atoms with E-state index >= 15 is 0 Å². The van der Waals surface area contributed by atoms with Crippen LogP contribution in [-0.4, -0.2) is 36.1 Å². The van der Waals surface area contributed by atoms with Gasteiger partial charge in [-0.2, -0.15) is 0 Å². The molecule has 3 rings (SSSR count). The third-order valence-electron chi connectivity index (χ3n) is 4.43. The SMILES string of the molecule is CN1CCC[C@H]1COc1cncc(CCc2ccccc2)c1. The van der Waals surface area contributed by atoms with Crippen LogP contribution in [0.1, 0.15) is 24.0 Å². The second kappa shape index (κ2) is 7.41. The van der Waals surface area contributed by atoms with Crippen molar-refractivity contribution in [2.75, 3.05) is 20.2 Å². The number of likely N-dealkylation sites (N-methyl/N-ethyl adjacent to an activating group) is 1. The predicted molar refractivity (Wildman–Crippen MR) is 89.2 cm³/mol. The first-order valence-corrected chi connectivity index (χ1v) is 8.12. The fraction of sp³-hybridized carbons (Fsp3) is 0.421. The summed E-state index contributed by atoms with van der Waals surface area (Å²) < 4.78 is 5.95. The van der Waals surface area contributed by atoms with Crippen molar-refractivity contribution in [3.05, 3.63) is 59.9 Å². The minimum atomic E-state index is 0.549. The van der Waals surface area contributed by atoms with Gasteiger partial charge in [0.1, 0.15) is 12.4 Å². The quantitative estimate of drug-likeness (QED) is 0.817. The molecule has 22 heavy (non-hydrogen) atoms. The van der Waals surface area contributed by atoms with Crippen LogP contribution in [0.25, 0.3) is 0 Å². The fourth-order valence-corrected chi connectivity index (χ4v) is 2.99. The maximum Gasteiger partial charge on any atom is 0.137 e. The van der Waals surface area contributed by atoms with Crippen LogP contribution in [0.15, 0.2) is 48.8 Å². The summed E-state index contributed by atoms with van der Waals surface area (Å²) >= 11 is 0. The van der Waals surface area contributed by atoms with Gasteiger partial charge in [0.2, 0.25) is 0 Å². The Morgan fingerprint density at radius 3 is 2.73 bits per heavy atom. The number of hydrogen-bond donors (Lipinski definition) is 0. The number of aromatic nitrogens is 1. The molecule has 0 N–H and O–H groups in total. The zero-order valence-corrected chi connectivity index (χ0v) is 13.2. The number of pyridine rings is 1. The van der Waals surface area contributed by atoms with E-state index in [1.807, 2.05) is 12.4 Å². The van der Waals surface area contributed by atoms with Crippen molar-refractivity contribution in [3.8, 4) is 5.75 Å². The molecule has 1 aromatic carbocycles. The van der Waals surface area contributed by atoms with Crippen molar-refractivity contribution >= 4 is 0 Å². The molecule has 0 amide bonds. The Labute approximate surface area is 132 Å². The number of nitrogens with zero attached hydrogens (tertiary/aromatic N) is 2. The van der Waals surface area contributed by atoms with Crippen LogP contribution >= 0.6 is 0 Å². The Kier molecular flexibility index (Phi) is 5.07. The summed E-state index contributed by atoms with van der Waals surface area (Å²) in [6.45, 7) is 1.95. The van der Waals surface area contributed by atoms with E-state index in [2.05, 4.69) is 53.3 Å². The van der Waals surface area contributed by atoms with Gasteiger partial charge in [-0.1, -0.05) is 30.3 Å². The molecular weight excluding hydrogens is 272 g/mol. The van der Waals surface area contributed by atoms with Gasteiger partial charge in [0.05, 0.1) is 6.20 Å². The van der Waals surface area contributed by atoms with E-state index in [1.54, 1.807) is 0 Å². The third-order valence-corrected chi connectivity index (χ3v) is 4.43. The Hall–Kier alpha value is -1.87. The highest BCUT2D eigenvalue weighted by Crippen LogP contribution is 2.18. The van der Waals surface area contributed by atoms with Crippen LogP contribution in [0.5, 0.6) is 5.75 Å². The third kappa shape index (κ3) is 4.08. The fourth-order valence-electron chi connectivity index (χ4n) is 2.99. The first kappa shape index (κ1) is 15.0. The summed E-state index contributed by atoms with van der Waals surface area (Å²) in [6, 6.07) is 13.3. The molecular formula is C19H24N2O. The molecule has 116 valence electrons. The highest BCUT2D eigenvalue weighted by molar-refractivity contribution is 5.25. The lowest BCUT2D eigenvalue weighted by molar-refractivity contribution is 0.197. The Morgan fingerprint density at radius 2 is 1.95 bits per heavy atom. The van der Waals surface area contributed by atoms with Crippen molar-refractivity contribution in [2.24, 2.45) is 0 Å². The zero-order chi connectivity index (χ0) is 15.2. The minimum absolute atomic E-state index is 0.549. The van der Waals surface area contributed by atoms with E-state index in [4.69, 9.17) is 4.74 Å². The molecule has 1 fully saturated rings. The van der Waals surface area contributed by atoms with Crippen molar-refractivity contribution in [1.82, 2.24) is 9.88 Å². The van der Waals surface area contributed by atoms with Crippen LogP contribution in [0, 0.1) is 0 Å². The molecule has 3 heteroatoms. The number of rotatable bonds is 6. The van der Waals surface area contributed by atoms with Gasteiger partial charge in [-0.05, 0) is 56.5 Å². The first-order chi connectivity index (χ1) is 10.8. The molecule has 1 atom stereocenters. The number of hydrogen-bond acceptors (Lipinski definition) is 3. The molecule has 1 aromatic heterocycles. The van der Waals surface area contributed by atoms with E-state index in [0.717, 1.165) is 25.2 Å². The first-order valence-electron chi connectivity index (χ1n) is 8.12. The summed E-state index contributed by atoms with van der Waals surface area (Å²) in [5.41, 5.74) is 2.60. The average molecular weight is 296 g/mol. The van der Waals surface area contributed by atoms with E-state index in [0.29, 0.717) is 6.04 Å². The molecule has 3 nitrogen and oxygen atoms in total. The number of likely N-dealkylation sites (tertiary alicyclic amines) is 1. The highest BCUT2D eigenvalue weighted by Gasteiger charge is 2.21.